The summed E-state index contributed by atoms with van der Waals surface area (Å²) in [4.78, 5) is 12.4. The molecule has 0 saturated carbocycles. The van der Waals surface area contributed by atoms with Crippen LogP contribution in [0, 0.1) is 20.8 Å². The van der Waals surface area contributed by atoms with Gasteiger partial charge in [-0.25, -0.2) is 4.68 Å². The van der Waals surface area contributed by atoms with E-state index in [1.807, 2.05) is 31.2 Å². The van der Waals surface area contributed by atoms with E-state index in [1.165, 1.54) is 4.68 Å². The van der Waals surface area contributed by atoms with Gasteiger partial charge >= 0.3 is 0 Å². The highest BCUT2D eigenvalue weighted by Gasteiger charge is 2.17. The lowest BCUT2D eigenvalue weighted by Crippen LogP contribution is -2.32. The van der Waals surface area contributed by atoms with E-state index in [2.05, 4.69) is 10.3 Å². The van der Waals surface area contributed by atoms with E-state index in [9.17, 15) is 9.90 Å². The van der Waals surface area contributed by atoms with E-state index < -0.39 is 6.10 Å². The van der Waals surface area contributed by atoms with Crippen molar-refractivity contribution < 1.29 is 14.4 Å². The lowest BCUT2D eigenvalue weighted by atomic mass is 10.2. The molecular formula is C17H19N3O4. The molecule has 0 aliphatic rings. The van der Waals surface area contributed by atoms with Crippen LogP contribution >= 0.6 is 0 Å². The molecule has 0 spiro atoms. The monoisotopic (exact) mass is 329 g/mol. The molecule has 3 rings (SSSR count). The molecule has 0 bridgehead atoms. The maximum absolute atomic E-state index is 12.4. The predicted molar refractivity (Wildman–Crippen MR) is 88.2 cm³/mol. The number of ether oxygens (including phenoxy) is 1. The van der Waals surface area contributed by atoms with Crippen molar-refractivity contribution in [3.05, 3.63) is 51.6 Å². The van der Waals surface area contributed by atoms with Gasteiger partial charge in [0, 0.05) is 0 Å². The van der Waals surface area contributed by atoms with Crippen LogP contribution in [0.2, 0.25) is 0 Å². The van der Waals surface area contributed by atoms with Gasteiger partial charge in [-0.3, -0.25) is 4.79 Å². The fourth-order valence-corrected chi connectivity index (χ4v) is 2.62. The van der Waals surface area contributed by atoms with Crippen molar-refractivity contribution in [1.82, 2.24) is 14.9 Å². The lowest BCUT2D eigenvalue weighted by molar-refractivity contribution is 0.0880. The minimum Gasteiger partial charge on any atom is -0.491 e. The predicted octanol–water partition coefficient (Wildman–Crippen LogP) is 1.75. The molecule has 2 aromatic heterocycles. The average Bonchev–Trinajstić information content (AvgIpc) is 2.93. The van der Waals surface area contributed by atoms with Gasteiger partial charge in [-0.2, -0.15) is 5.10 Å². The van der Waals surface area contributed by atoms with Crippen LogP contribution in [-0.2, 0) is 6.54 Å². The van der Waals surface area contributed by atoms with Gasteiger partial charge in [0.15, 0.2) is 5.52 Å². The Bertz CT molecular complexity index is 929. The molecule has 1 aromatic carbocycles. The summed E-state index contributed by atoms with van der Waals surface area (Å²) in [6.07, 6.45) is -0.874. The Balaban J connectivity index is 1.75. The molecule has 1 N–H and O–H groups in total. The number of hydrogen-bond donors (Lipinski definition) is 1. The largest absolute Gasteiger partial charge is 0.491 e. The minimum atomic E-state index is -0.874. The van der Waals surface area contributed by atoms with Crippen molar-refractivity contribution in [2.24, 2.45) is 0 Å². The van der Waals surface area contributed by atoms with E-state index in [1.54, 1.807) is 13.8 Å². The first-order valence-corrected chi connectivity index (χ1v) is 7.67. The van der Waals surface area contributed by atoms with Crippen LogP contribution in [0.25, 0.3) is 10.9 Å². The van der Waals surface area contributed by atoms with E-state index in [4.69, 9.17) is 9.26 Å². The third-order valence-corrected chi connectivity index (χ3v) is 3.75. The zero-order valence-electron chi connectivity index (χ0n) is 13.8. The first-order valence-electron chi connectivity index (χ1n) is 7.67. The molecule has 7 heteroatoms. The van der Waals surface area contributed by atoms with E-state index in [-0.39, 0.29) is 24.2 Å². The number of rotatable bonds is 5. The molecule has 0 aliphatic carbocycles. The maximum Gasteiger partial charge on any atom is 0.296 e. The van der Waals surface area contributed by atoms with Crippen molar-refractivity contribution in [3.8, 4) is 5.75 Å². The quantitative estimate of drug-likeness (QED) is 0.767. The van der Waals surface area contributed by atoms with Gasteiger partial charge in [0.25, 0.3) is 5.56 Å². The number of aryl methyl sites for hydroxylation is 3. The third-order valence-electron chi connectivity index (χ3n) is 3.75. The molecule has 0 amide bonds. The number of benzene rings is 1. The fraction of sp³-hybridized carbons (Fsp3) is 0.353. The summed E-state index contributed by atoms with van der Waals surface area (Å²) in [7, 11) is 0. The Labute approximate surface area is 138 Å². The third kappa shape index (κ3) is 3.16. The summed E-state index contributed by atoms with van der Waals surface area (Å²) >= 11 is 0. The summed E-state index contributed by atoms with van der Waals surface area (Å²) in [5, 5.41) is 18.8. The second-order valence-electron chi connectivity index (χ2n) is 5.82. The van der Waals surface area contributed by atoms with Crippen LogP contribution in [0.3, 0.4) is 0 Å². The number of nitrogens with zero attached hydrogens (tertiary/aromatic N) is 3. The van der Waals surface area contributed by atoms with Crippen LogP contribution in [0.15, 0.2) is 33.6 Å². The Kier molecular flexibility index (Phi) is 4.35. The van der Waals surface area contributed by atoms with Crippen molar-refractivity contribution in [3.63, 3.8) is 0 Å². The first kappa shape index (κ1) is 16.2. The SMILES string of the molecule is Cc1cccc(OC[C@H](O)Cn2nc(C)c3c(C)onc3c2=O)c1. The van der Waals surface area contributed by atoms with Crippen molar-refractivity contribution in [2.75, 3.05) is 6.61 Å². The molecule has 0 unspecified atom stereocenters. The molecule has 1 atom stereocenters. The normalized spacial score (nSPS) is 12.5. The second kappa shape index (κ2) is 6.45. The highest BCUT2D eigenvalue weighted by molar-refractivity contribution is 5.81. The molecule has 0 aliphatic heterocycles. The summed E-state index contributed by atoms with van der Waals surface area (Å²) in [6, 6.07) is 7.54. The van der Waals surface area contributed by atoms with Gasteiger partial charge in [-0.1, -0.05) is 17.3 Å². The molecule has 3 aromatic rings. The molecule has 7 nitrogen and oxygen atoms in total. The van der Waals surface area contributed by atoms with Gasteiger partial charge in [0.1, 0.15) is 24.2 Å². The van der Waals surface area contributed by atoms with E-state index in [0.717, 1.165) is 5.56 Å². The van der Waals surface area contributed by atoms with Crippen LogP contribution < -0.4 is 10.3 Å². The van der Waals surface area contributed by atoms with Crippen LogP contribution in [0.1, 0.15) is 17.0 Å². The number of aromatic nitrogens is 3. The lowest BCUT2D eigenvalue weighted by Gasteiger charge is -2.14. The van der Waals surface area contributed by atoms with Crippen LogP contribution in [0.4, 0.5) is 0 Å². The van der Waals surface area contributed by atoms with Crippen molar-refractivity contribution in [2.45, 2.75) is 33.4 Å². The van der Waals surface area contributed by atoms with Gasteiger partial charge in [0.2, 0.25) is 0 Å². The molecule has 126 valence electrons. The minimum absolute atomic E-state index is 0.0212. The number of hydrogen-bond acceptors (Lipinski definition) is 6. The zero-order valence-corrected chi connectivity index (χ0v) is 13.8. The molecule has 24 heavy (non-hydrogen) atoms. The highest BCUT2D eigenvalue weighted by atomic mass is 16.5. The summed E-state index contributed by atoms with van der Waals surface area (Å²) in [6.45, 7) is 5.56. The molecule has 2 heterocycles. The van der Waals surface area contributed by atoms with Gasteiger partial charge in [-0.05, 0) is 38.5 Å². The van der Waals surface area contributed by atoms with Crippen molar-refractivity contribution >= 4 is 10.9 Å². The van der Waals surface area contributed by atoms with E-state index in [0.29, 0.717) is 22.6 Å². The van der Waals surface area contributed by atoms with Crippen LogP contribution in [0.5, 0.6) is 5.75 Å². The Hall–Kier alpha value is -2.67. The standard InChI is InChI=1S/C17H19N3O4/c1-10-5-4-6-14(7-10)23-9-13(21)8-20-17(22)16-15(11(2)18-20)12(3)24-19-16/h4-7,13,21H,8-9H2,1-3H3/t13-/m1/s1. The van der Waals surface area contributed by atoms with Gasteiger partial charge in [0.05, 0.1) is 17.6 Å². The Morgan fingerprint density at radius 3 is 2.88 bits per heavy atom. The summed E-state index contributed by atoms with van der Waals surface area (Å²) in [5.41, 5.74) is 1.55. The average molecular weight is 329 g/mol. The van der Waals surface area contributed by atoms with Crippen molar-refractivity contribution in [1.29, 1.82) is 0 Å². The zero-order chi connectivity index (χ0) is 17.3. The number of aliphatic hydroxyl groups excluding tert-OH is 1. The number of fused-ring (bicyclic) bond motifs is 1. The molecule has 0 radical (unpaired) electrons. The topological polar surface area (TPSA) is 90.4 Å². The molecular weight excluding hydrogens is 310 g/mol. The first-order chi connectivity index (χ1) is 11.5. The van der Waals surface area contributed by atoms with Gasteiger partial charge < -0.3 is 14.4 Å². The smallest absolute Gasteiger partial charge is 0.296 e. The Morgan fingerprint density at radius 1 is 1.33 bits per heavy atom. The molecule has 0 fully saturated rings. The van der Waals surface area contributed by atoms with Crippen LogP contribution in [-0.4, -0.2) is 32.8 Å². The second-order valence-corrected chi connectivity index (χ2v) is 5.82. The summed E-state index contributed by atoms with van der Waals surface area (Å²) < 4.78 is 11.8. The fourth-order valence-electron chi connectivity index (χ4n) is 2.62. The highest BCUT2D eigenvalue weighted by Crippen LogP contribution is 2.16. The van der Waals surface area contributed by atoms with E-state index >= 15 is 0 Å². The maximum atomic E-state index is 12.4. The summed E-state index contributed by atoms with van der Waals surface area (Å²) in [5.74, 6) is 1.23. The number of aliphatic hydroxyl groups is 1. The van der Waals surface area contributed by atoms with Gasteiger partial charge in [-0.15, -0.1) is 0 Å². The molecule has 0 saturated heterocycles. The Morgan fingerprint density at radius 2 is 2.12 bits per heavy atom.